The first-order chi connectivity index (χ1) is 6.81. The highest BCUT2D eigenvalue weighted by molar-refractivity contribution is 7.17. The number of rotatable bonds is 3. The molecule has 2 heterocycles. The predicted octanol–water partition coefficient (Wildman–Crippen LogP) is 3.39. The molecule has 0 spiro atoms. The molecule has 2 aromatic rings. The van der Waals surface area contributed by atoms with Gasteiger partial charge in [0.2, 0.25) is 5.88 Å². The normalized spacial score (nSPS) is 10.7. The summed E-state index contributed by atoms with van der Waals surface area (Å²) in [5.41, 5.74) is 2.29. The predicted molar refractivity (Wildman–Crippen MR) is 60.1 cm³/mol. The molecule has 2 nitrogen and oxygen atoms in total. The van der Waals surface area contributed by atoms with Crippen LogP contribution in [-0.4, -0.2) is 11.6 Å². The number of thiophene rings is 1. The lowest BCUT2D eigenvalue weighted by Crippen LogP contribution is -1.97. The monoisotopic (exact) mass is 207 g/mol. The Morgan fingerprint density at radius 2 is 2.36 bits per heavy atom. The van der Waals surface area contributed by atoms with Gasteiger partial charge in [-0.1, -0.05) is 6.92 Å². The van der Waals surface area contributed by atoms with Crippen LogP contribution in [0, 0.1) is 6.92 Å². The first-order valence-corrected chi connectivity index (χ1v) is 5.67. The number of ether oxygens (including phenoxy) is 1. The van der Waals surface area contributed by atoms with Crippen molar-refractivity contribution in [2.45, 2.75) is 20.3 Å². The fourth-order valence-corrected chi connectivity index (χ4v) is 2.18. The van der Waals surface area contributed by atoms with Gasteiger partial charge in [-0.05, 0) is 30.4 Å². The largest absolute Gasteiger partial charge is 0.478 e. The Hall–Kier alpha value is -1.09. The maximum Gasteiger partial charge on any atom is 0.214 e. The second-order valence-electron chi connectivity index (χ2n) is 3.26. The Morgan fingerprint density at radius 1 is 1.50 bits per heavy atom. The van der Waals surface area contributed by atoms with Crippen molar-refractivity contribution in [3.8, 4) is 5.88 Å². The van der Waals surface area contributed by atoms with Crippen molar-refractivity contribution in [2.24, 2.45) is 0 Å². The van der Waals surface area contributed by atoms with Crippen molar-refractivity contribution in [2.75, 3.05) is 6.61 Å². The van der Waals surface area contributed by atoms with Crippen LogP contribution in [0.5, 0.6) is 5.88 Å². The van der Waals surface area contributed by atoms with Gasteiger partial charge in [0, 0.05) is 6.07 Å². The SMILES string of the molecule is CCCOc1cc(C)c2sccc2n1. The zero-order valence-corrected chi connectivity index (χ0v) is 9.23. The maximum atomic E-state index is 5.51. The molecule has 3 heteroatoms. The summed E-state index contributed by atoms with van der Waals surface area (Å²) >= 11 is 1.73. The van der Waals surface area contributed by atoms with Gasteiger partial charge in [-0.25, -0.2) is 4.98 Å². The summed E-state index contributed by atoms with van der Waals surface area (Å²) in [6.07, 6.45) is 1.02. The van der Waals surface area contributed by atoms with Crippen LogP contribution in [0.3, 0.4) is 0 Å². The number of aromatic nitrogens is 1. The molecular weight excluding hydrogens is 194 g/mol. The third-order valence-corrected chi connectivity index (χ3v) is 3.07. The molecule has 0 bridgehead atoms. The number of hydrogen-bond acceptors (Lipinski definition) is 3. The van der Waals surface area contributed by atoms with E-state index in [0.717, 1.165) is 24.4 Å². The summed E-state index contributed by atoms with van der Waals surface area (Å²) in [6.45, 7) is 4.93. The lowest BCUT2D eigenvalue weighted by molar-refractivity contribution is 0.306. The highest BCUT2D eigenvalue weighted by Crippen LogP contribution is 2.25. The molecule has 0 aliphatic carbocycles. The molecule has 0 unspecified atom stereocenters. The molecule has 2 rings (SSSR count). The molecule has 0 N–H and O–H groups in total. The highest BCUT2D eigenvalue weighted by atomic mass is 32.1. The van der Waals surface area contributed by atoms with Gasteiger partial charge in [-0.15, -0.1) is 11.3 Å². The summed E-state index contributed by atoms with van der Waals surface area (Å²) in [5, 5.41) is 2.06. The Balaban J connectivity index is 2.38. The van der Waals surface area contributed by atoms with Gasteiger partial charge in [-0.3, -0.25) is 0 Å². The van der Waals surface area contributed by atoms with Crippen LogP contribution < -0.4 is 4.74 Å². The van der Waals surface area contributed by atoms with E-state index in [1.807, 2.05) is 12.1 Å². The Labute approximate surface area is 87.5 Å². The Kier molecular flexibility index (Phi) is 2.68. The van der Waals surface area contributed by atoms with E-state index in [0.29, 0.717) is 0 Å². The van der Waals surface area contributed by atoms with E-state index in [1.165, 1.54) is 10.3 Å². The van der Waals surface area contributed by atoms with Gasteiger partial charge in [0.15, 0.2) is 0 Å². The zero-order valence-electron chi connectivity index (χ0n) is 8.41. The quantitative estimate of drug-likeness (QED) is 0.769. The zero-order chi connectivity index (χ0) is 9.97. The summed E-state index contributed by atoms with van der Waals surface area (Å²) < 4.78 is 6.77. The fourth-order valence-electron chi connectivity index (χ4n) is 1.37. The van der Waals surface area contributed by atoms with E-state index in [4.69, 9.17) is 4.74 Å². The summed E-state index contributed by atoms with van der Waals surface area (Å²) in [4.78, 5) is 4.42. The third kappa shape index (κ3) is 1.73. The third-order valence-electron chi connectivity index (χ3n) is 2.03. The second kappa shape index (κ2) is 3.96. The van der Waals surface area contributed by atoms with E-state index in [-0.39, 0.29) is 0 Å². The topological polar surface area (TPSA) is 22.1 Å². The van der Waals surface area contributed by atoms with Gasteiger partial charge in [0.1, 0.15) is 0 Å². The molecule has 0 saturated heterocycles. The molecule has 0 aliphatic rings. The smallest absolute Gasteiger partial charge is 0.214 e. The van der Waals surface area contributed by atoms with E-state index in [9.17, 15) is 0 Å². The number of aryl methyl sites for hydroxylation is 1. The molecule has 14 heavy (non-hydrogen) atoms. The van der Waals surface area contributed by atoms with Crippen molar-refractivity contribution in [1.29, 1.82) is 0 Å². The lowest BCUT2D eigenvalue weighted by atomic mass is 10.2. The van der Waals surface area contributed by atoms with Crippen LogP contribution in [0.15, 0.2) is 17.5 Å². The Morgan fingerprint density at radius 3 is 3.14 bits per heavy atom. The van der Waals surface area contributed by atoms with Crippen molar-refractivity contribution in [1.82, 2.24) is 4.98 Å². The van der Waals surface area contributed by atoms with Crippen molar-refractivity contribution in [3.63, 3.8) is 0 Å². The van der Waals surface area contributed by atoms with Crippen LogP contribution in [0.4, 0.5) is 0 Å². The average molecular weight is 207 g/mol. The van der Waals surface area contributed by atoms with Crippen LogP contribution in [-0.2, 0) is 0 Å². The first-order valence-electron chi connectivity index (χ1n) is 4.79. The summed E-state index contributed by atoms with van der Waals surface area (Å²) in [6, 6.07) is 4.04. The van der Waals surface area contributed by atoms with Crippen molar-refractivity contribution >= 4 is 21.6 Å². The standard InChI is InChI=1S/C11H13NOS/c1-3-5-13-10-7-8(2)11-9(12-10)4-6-14-11/h4,6-7H,3,5H2,1-2H3. The van der Waals surface area contributed by atoms with Crippen LogP contribution in [0.25, 0.3) is 10.2 Å². The van der Waals surface area contributed by atoms with Gasteiger partial charge >= 0.3 is 0 Å². The van der Waals surface area contributed by atoms with Crippen LogP contribution in [0.1, 0.15) is 18.9 Å². The van der Waals surface area contributed by atoms with E-state index >= 15 is 0 Å². The first kappa shape index (κ1) is 9.46. The molecule has 0 aliphatic heterocycles. The molecule has 0 atom stereocenters. The lowest BCUT2D eigenvalue weighted by Gasteiger charge is -2.04. The molecule has 0 radical (unpaired) electrons. The number of pyridine rings is 1. The van der Waals surface area contributed by atoms with Crippen molar-refractivity contribution in [3.05, 3.63) is 23.1 Å². The maximum absolute atomic E-state index is 5.51. The van der Waals surface area contributed by atoms with Gasteiger partial charge in [0.25, 0.3) is 0 Å². The molecule has 0 fully saturated rings. The molecule has 0 aromatic carbocycles. The summed E-state index contributed by atoms with van der Waals surface area (Å²) in [7, 11) is 0. The highest BCUT2D eigenvalue weighted by Gasteiger charge is 2.03. The van der Waals surface area contributed by atoms with Gasteiger partial charge in [0.05, 0.1) is 16.8 Å². The Bertz CT molecular complexity index is 436. The molecule has 2 aromatic heterocycles. The molecule has 74 valence electrons. The molecule has 0 saturated carbocycles. The van der Waals surface area contributed by atoms with E-state index in [1.54, 1.807) is 11.3 Å². The van der Waals surface area contributed by atoms with Crippen LogP contribution in [0.2, 0.25) is 0 Å². The number of fused-ring (bicyclic) bond motifs is 1. The van der Waals surface area contributed by atoms with Gasteiger partial charge in [-0.2, -0.15) is 0 Å². The minimum atomic E-state index is 0.738. The molecule has 0 amide bonds. The molecular formula is C11H13NOS. The van der Waals surface area contributed by atoms with Gasteiger partial charge < -0.3 is 4.74 Å². The van der Waals surface area contributed by atoms with E-state index in [2.05, 4.69) is 24.2 Å². The van der Waals surface area contributed by atoms with E-state index < -0.39 is 0 Å². The minimum absolute atomic E-state index is 0.738. The number of nitrogens with zero attached hydrogens (tertiary/aromatic N) is 1. The second-order valence-corrected chi connectivity index (χ2v) is 4.18. The summed E-state index contributed by atoms with van der Waals surface area (Å²) in [5.74, 6) is 0.746. The minimum Gasteiger partial charge on any atom is -0.478 e. The average Bonchev–Trinajstić information content (AvgIpc) is 2.63. The fraction of sp³-hybridized carbons (Fsp3) is 0.364. The van der Waals surface area contributed by atoms with Crippen molar-refractivity contribution < 1.29 is 4.74 Å². The number of hydrogen-bond donors (Lipinski definition) is 0. The van der Waals surface area contributed by atoms with Crippen LogP contribution >= 0.6 is 11.3 Å².